The van der Waals surface area contributed by atoms with Crippen LogP contribution in [0.2, 0.25) is 0 Å². The third-order valence-corrected chi connectivity index (χ3v) is 6.46. The number of pyridine rings is 1. The molecule has 4 N–H and O–H groups in total. The number of amides is 1. The number of aromatic nitrogens is 1. The van der Waals surface area contributed by atoms with Gasteiger partial charge in [0.2, 0.25) is 10.0 Å². The highest BCUT2D eigenvalue weighted by molar-refractivity contribution is 7.89. The summed E-state index contributed by atoms with van der Waals surface area (Å²) >= 11 is 0. The number of allylic oxidation sites excluding steroid dienone is 4. The van der Waals surface area contributed by atoms with Crippen LogP contribution in [0.15, 0.2) is 114 Å². The summed E-state index contributed by atoms with van der Waals surface area (Å²) in [5.74, 6) is 0.377. The summed E-state index contributed by atoms with van der Waals surface area (Å²) in [5.41, 5.74) is 4.32. The minimum Gasteiger partial charge on any atom is -0.364 e. The Hall–Kier alpha value is -4.34. The first kappa shape index (κ1) is 28.2. The van der Waals surface area contributed by atoms with Gasteiger partial charge in [-0.25, -0.2) is 18.5 Å². The molecule has 0 spiro atoms. The molecule has 0 aliphatic carbocycles. The summed E-state index contributed by atoms with van der Waals surface area (Å²) in [7, 11) is -3.79. The van der Waals surface area contributed by atoms with Gasteiger partial charge in [-0.2, -0.15) is 0 Å². The second kappa shape index (κ2) is 12.8. The Morgan fingerprint density at radius 2 is 1.84 bits per heavy atom. The van der Waals surface area contributed by atoms with E-state index in [0.717, 1.165) is 11.1 Å². The Morgan fingerprint density at radius 1 is 1.11 bits per heavy atom. The lowest BCUT2D eigenvalue weighted by atomic mass is 10.1. The number of primary sulfonamides is 1. The molecule has 0 unspecified atom stereocenters. The molecule has 0 saturated heterocycles. The Kier molecular flexibility index (Phi) is 9.48. The molecule has 8 nitrogen and oxygen atoms in total. The average Bonchev–Trinajstić information content (AvgIpc) is 2.90. The number of nitrogens with zero attached hydrogens (tertiary/aromatic N) is 2. The van der Waals surface area contributed by atoms with E-state index < -0.39 is 10.0 Å². The number of carbonyl (C=O) groups excluding carboxylic acids is 1. The summed E-state index contributed by atoms with van der Waals surface area (Å²) in [6.45, 7) is 9.45. The van der Waals surface area contributed by atoms with Gasteiger partial charge in [0.15, 0.2) is 0 Å². The van der Waals surface area contributed by atoms with Crippen molar-refractivity contribution in [3.05, 3.63) is 126 Å². The third-order valence-electron chi connectivity index (χ3n) is 5.53. The zero-order valence-corrected chi connectivity index (χ0v) is 22.4. The molecule has 0 fully saturated rings. The van der Waals surface area contributed by atoms with E-state index in [1.807, 2.05) is 51.1 Å². The number of carbonyl (C=O) groups is 1. The van der Waals surface area contributed by atoms with Gasteiger partial charge in [-0.05, 0) is 74.4 Å². The van der Waals surface area contributed by atoms with Crippen LogP contribution < -0.4 is 15.8 Å². The summed E-state index contributed by atoms with van der Waals surface area (Å²) in [6.07, 6.45) is 10.2. The highest BCUT2D eigenvalue weighted by Crippen LogP contribution is 2.20. The molecule has 0 saturated carbocycles. The maximum absolute atomic E-state index is 12.6. The number of rotatable bonds is 10. The molecule has 0 aliphatic heterocycles. The van der Waals surface area contributed by atoms with Gasteiger partial charge < -0.3 is 10.6 Å². The van der Waals surface area contributed by atoms with Crippen LogP contribution in [-0.2, 0) is 10.0 Å². The Bertz CT molecular complexity index is 1510. The monoisotopic (exact) mass is 529 g/mol. The van der Waals surface area contributed by atoms with E-state index >= 15 is 0 Å². The number of aryl methyl sites for hydroxylation is 1. The van der Waals surface area contributed by atoms with Crippen molar-refractivity contribution in [2.75, 3.05) is 5.32 Å². The van der Waals surface area contributed by atoms with Crippen molar-refractivity contribution in [3.63, 3.8) is 0 Å². The number of hydrogen-bond acceptors (Lipinski definition) is 6. The lowest BCUT2D eigenvalue weighted by Gasteiger charge is -2.18. The van der Waals surface area contributed by atoms with Crippen LogP contribution in [0.4, 0.5) is 5.69 Å². The van der Waals surface area contributed by atoms with Gasteiger partial charge in [-0.15, -0.1) is 0 Å². The fourth-order valence-corrected chi connectivity index (χ4v) is 4.07. The zero-order chi connectivity index (χ0) is 27.7. The second-order valence-electron chi connectivity index (χ2n) is 8.53. The van der Waals surface area contributed by atoms with Crippen LogP contribution in [0.1, 0.15) is 46.9 Å². The lowest BCUT2D eigenvalue weighted by molar-refractivity contribution is 0.102. The highest BCUT2D eigenvalue weighted by atomic mass is 32.2. The van der Waals surface area contributed by atoms with Crippen LogP contribution in [0.3, 0.4) is 0 Å². The molecule has 196 valence electrons. The first-order valence-corrected chi connectivity index (χ1v) is 13.4. The Labute approximate surface area is 223 Å². The quantitative estimate of drug-likeness (QED) is 0.251. The number of sulfonamides is 1. The predicted octanol–water partition coefficient (Wildman–Crippen LogP) is 5.03. The topological polar surface area (TPSA) is 127 Å². The first-order chi connectivity index (χ1) is 18.1. The molecule has 1 atom stereocenters. The average molecular weight is 530 g/mol. The van der Waals surface area contributed by atoms with Crippen molar-refractivity contribution in [1.82, 2.24) is 10.3 Å². The molecular formula is C29H31N5O3S. The van der Waals surface area contributed by atoms with Crippen molar-refractivity contribution in [3.8, 4) is 0 Å². The molecule has 1 aromatic heterocycles. The molecule has 0 bridgehead atoms. The smallest absolute Gasteiger partial charge is 0.257 e. The van der Waals surface area contributed by atoms with Gasteiger partial charge in [-0.1, -0.05) is 43.0 Å². The minimum absolute atomic E-state index is 0.0249. The summed E-state index contributed by atoms with van der Waals surface area (Å²) in [6, 6.07) is 15.4. The van der Waals surface area contributed by atoms with E-state index in [0.29, 0.717) is 28.3 Å². The summed E-state index contributed by atoms with van der Waals surface area (Å²) in [4.78, 5) is 21.5. The first-order valence-electron chi connectivity index (χ1n) is 11.9. The number of hydrogen-bond donors (Lipinski definition) is 3. The van der Waals surface area contributed by atoms with Gasteiger partial charge in [0.1, 0.15) is 5.82 Å². The van der Waals surface area contributed by atoms with Crippen LogP contribution in [-0.4, -0.2) is 25.0 Å². The molecule has 9 heteroatoms. The number of nitrogens with two attached hydrogens (primary N) is 1. The van der Waals surface area contributed by atoms with Crippen molar-refractivity contribution < 1.29 is 13.2 Å². The van der Waals surface area contributed by atoms with Gasteiger partial charge in [0.25, 0.3) is 5.91 Å². The second-order valence-corrected chi connectivity index (χ2v) is 10.1. The molecule has 3 aromatic rings. The standard InChI is InChI=1S/C29H31N5O3S/c1-5-7-11-27(22-12-14-26(15-13-22)38(30,36)37)34-28(6-2)32-21(4)23-9-8-10-25(17-23)33-29(35)24-16-20(3)18-31-19-24/h5-19,21,32H,1H2,2-4H3,(H,33,35)(H2,30,36,37)/b11-7+,28-6-,34-27+/t21-/m0/s1. The zero-order valence-electron chi connectivity index (χ0n) is 21.5. The molecule has 0 radical (unpaired) electrons. The molecule has 0 aliphatic rings. The number of benzene rings is 2. The summed E-state index contributed by atoms with van der Waals surface area (Å²) in [5, 5.41) is 11.5. The maximum atomic E-state index is 12.6. The number of anilines is 1. The molecule has 1 heterocycles. The molecule has 1 amide bonds. The fraction of sp³-hybridized carbons (Fsp3) is 0.138. The molecule has 3 rings (SSSR count). The van der Waals surface area contributed by atoms with Crippen LogP contribution in [0.25, 0.3) is 0 Å². The molecule has 2 aromatic carbocycles. The summed E-state index contributed by atoms with van der Waals surface area (Å²) < 4.78 is 23.2. The Balaban J connectivity index is 1.80. The van der Waals surface area contributed by atoms with E-state index in [-0.39, 0.29) is 16.8 Å². The van der Waals surface area contributed by atoms with Crippen LogP contribution in [0, 0.1) is 6.92 Å². The maximum Gasteiger partial charge on any atom is 0.257 e. The highest BCUT2D eigenvalue weighted by Gasteiger charge is 2.12. The van der Waals surface area contributed by atoms with Gasteiger partial charge in [0.05, 0.1) is 22.2 Å². The van der Waals surface area contributed by atoms with Gasteiger partial charge >= 0.3 is 0 Å². The van der Waals surface area contributed by atoms with Crippen molar-refractivity contribution in [2.24, 2.45) is 10.1 Å². The van der Waals surface area contributed by atoms with Crippen molar-refractivity contribution in [2.45, 2.75) is 31.7 Å². The van der Waals surface area contributed by atoms with Crippen LogP contribution >= 0.6 is 0 Å². The van der Waals surface area contributed by atoms with Crippen LogP contribution in [0.5, 0.6) is 0 Å². The van der Waals surface area contributed by atoms with E-state index in [1.165, 1.54) is 18.3 Å². The minimum atomic E-state index is -3.79. The molecule has 38 heavy (non-hydrogen) atoms. The van der Waals surface area contributed by atoms with E-state index in [2.05, 4.69) is 22.2 Å². The Morgan fingerprint density at radius 3 is 2.47 bits per heavy atom. The number of nitrogens with one attached hydrogen (secondary N) is 2. The molecular weight excluding hydrogens is 498 g/mol. The van der Waals surface area contributed by atoms with Crippen molar-refractivity contribution >= 4 is 27.3 Å². The third kappa shape index (κ3) is 7.83. The largest absolute Gasteiger partial charge is 0.364 e. The normalized spacial score (nSPS) is 13.3. The SMILES string of the molecule is C=C/C=C/C(=N\C(=C/C)N[C@@H](C)c1cccc(NC(=O)c2cncc(C)c2)c1)c1ccc(S(N)(=O)=O)cc1. The van der Waals surface area contributed by atoms with E-state index in [4.69, 9.17) is 10.1 Å². The van der Waals surface area contributed by atoms with Gasteiger partial charge in [0, 0.05) is 23.6 Å². The predicted molar refractivity (Wildman–Crippen MR) is 152 cm³/mol. The van der Waals surface area contributed by atoms with Gasteiger partial charge in [-0.3, -0.25) is 9.78 Å². The number of aliphatic imine (C=N–C) groups is 1. The van der Waals surface area contributed by atoms with E-state index in [1.54, 1.807) is 42.6 Å². The lowest BCUT2D eigenvalue weighted by Crippen LogP contribution is -2.19. The van der Waals surface area contributed by atoms with E-state index in [9.17, 15) is 13.2 Å². The van der Waals surface area contributed by atoms with Crippen molar-refractivity contribution in [1.29, 1.82) is 0 Å². The fourth-order valence-electron chi connectivity index (χ4n) is 3.56.